The monoisotopic (exact) mass is 282 g/mol. The number of nitrogens with zero attached hydrogens (tertiary/aromatic N) is 1. The summed E-state index contributed by atoms with van der Waals surface area (Å²) in [6.07, 6.45) is 3.59. The van der Waals surface area contributed by atoms with Gasteiger partial charge in [-0.3, -0.25) is 5.21 Å². The molecule has 4 nitrogen and oxygen atoms in total. The Labute approximate surface area is 124 Å². The van der Waals surface area contributed by atoms with Gasteiger partial charge in [0.25, 0.3) is 0 Å². The number of carbonyl (C=O) groups is 1. The molecule has 0 saturated heterocycles. The van der Waals surface area contributed by atoms with Crippen LogP contribution in [-0.4, -0.2) is 29.9 Å². The summed E-state index contributed by atoms with van der Waals surface area (Å²) in [6, 6.07) is 17.7. The maximum Gasteiger partial charge on any atom is 0.341 e. The van der Waals surface area contributed by atoms with Crippen molar-refractivity contribution in [1.29, 1.82) is 0 Å². The predicted molar refractivity (Wildman–Crippen MR) is 83.9 cm³/mol. The second-order valence-corrected chi connectivity index (χ2v) is 4.53. The highest BCUT2D eigenvalue weighted by atomic mass is 16.5. The molecule has 2 aromatic carbocycles. The molecular weight excluding hydrogens is 264 g/mol. The van der Waals surface area contributed by atoms with Crippen LogP contribution in [0.25, 0.3) is 17.2 Å². The third-order valence-corrected chi connectivity index (χ3v) is 3.05. The molecule has 2 aromatic rings. The lowest BCUT2D eigenvalue weighted by atomic mass is 10.0. The summed E-state index contributed by atoms with van der Waals surface area (Å²) in [5.41, 5.74) is 3.34. The lowest BCUT2D eigenvalue weighted by Crippen LogP contribution is -2.35. The van der Waals surface area contributed by atoms with Gasteiger partial charge in [0.15, 0.2) is 0 Å². The third kappa shape index (κ3) is 4.19. The van der Waals surface area contributed by atoms with Crippen molar-refractivity contribution in [2.75, 3.05) is 13.6 Å². The molecule has 0 aliphatic carbocycles. The summed E-state index contributed by atoms with van der Waals surface area (Å²) in [5, 5.41) is 12.3. The average molecular weight is 282 g/mol. The minimum atomic E-state index is -0.529. The van der Waals surface area contributed by atoms with Gasteiger partial charge in [-0.2, -0.15) is 0 Å². The molecule has 4 heteroatoms. The standard InChI is InChI=1S/C17H18N2O2/c1-18-17(20)19(21)13-5-6-14-9-11-16(12-10-14)15-7-3-2-4-8-15/h2-12,21H,13H2,1H3,(H,18,20). The van der Waals surface area contributed by atoms with E-state index in [1.807, 2.05) is 48.5 Å². The molecular formula is C17H18N2O2. The van der Waals surface area contributed by atoms with E-state index in [1.165, 1.54) is 12.6 Å². The van der Waals surface area contributed by atoms with Crippen molar-refractivity contribution in [2.24, 2.45) is 0 Å². The van der Waals surface area contributed by atoms with Crippen molar-refractivity contribution in [1.82, 2.24) is 10.4 Å². The van der Waals surface area contributed by atoms with Crippen molar-refractivity contribution in [3.05, 3.63) is 66.2 Å². The molecule has 0 aliphatic heterocycles. The Hall–Kier alpha value is -2.59. The number of benzene rings is 2. The molecule has 0 atom stereocenters. The maximum absolute atomic E-state index is 11.1. The van der Waals surface area contributed by atoms with E-state index in [4.69, 9.17) is 0 Å². The van der Waals surface area contributed by atoms with Crippen LogP contribution in [0.15, 0.2) is 60.7 Å². The van der Waals surface area contributed by atoms with Gasteiger partial charge in [0.05, 0.1) is 6.54 Å². The summed E-state index contributed by atoms with van der Waals surface area (Å²) in [6.45, 7) is 0.139. The van der Waals surface area contributed by atoms with Gasteiger partial charge in [0.2, 0.25) is 0 Å². The van der Waals surface area contributed by atoms with E-state index in [9.17, 15) is 10.0 Å². The topological polar surface area (TPSA) is 52.6 Å². The van der Waals surface area contributed by atoms with Crippen LogP contribution in [0.3, 0.4) is 0 Å². The number of hydrogen-bond acceptors (Lipinski definition) is 2. The van der Waals surface area contributed by atoms with Crippen LogP contribution in [0.2, 0.25) is 0 Å². The van der Waals surface area contributed by atoms with E-state index in [0.717, 1.165) is 11.1 Å². The summed E-state index contributed by atoms with van der Waals surface area (Å²) in [7, 11) is 1.47. The number of urea groups is 1. The Bertz CT molecular complexity index is 606. The van der Waals surface area contributed by atoms with Crippen molar-refractivity contribution in [2.45, 2.75) is 0 Å². The maximum atomic E-state index is 11.1. The van der Waals surface area contributed by atoms with Crippen LogP contribution < -0.4 is 5.32 Å². The van der Waals surface area contributed by atoms with E-state index < -0.39 is 6.03 Å². The fraction of sp³-hybridized carbons (Fsp3) is 0.118. The van der Waals surface area contributed by atoms with E-state index in [0.29, 0.717) is 5.06 Å². The van der Waals surface area contributed by atoms with Crippen molar-refractivity contribution < 1.29 is 10.0 Å². The lowest BCUT2D eigenvalue weighted by Gasteiger charge is -2.11. The van der Waals surface area contributed by atoms with E-state index in [-0.39, 0.29) is 6.54 Å². The Morgan fingerprint density at radius 2 is 1.71 bits per heavy atom. The molecule has 0 fully saturated rings. The number of amides is 2. The second-order valence-electron chi connectivity index (χ2n) is 4.53. The fourth-order valence-electron chi connectivity index (χ4n) is 1.92. The van der Waals surface area contributed by atoms with Crippen molar-refractivity contribution >= 4 is 12.1 Å². The largest absolute Gasteiger partial charge is 0.341 e. The summed E-state index contributed by atoms with van der Waals surface area (Å²) in [5.74, 6) is 0. The summed E-state index contributed by atoms with van der Waals surface area (Å²) >= 11 is 0. The van der Waals surface area contributed by atoms with Gasteiger partial charge < -0.3 is 5.32 Å². The molecule has 2 amide bonds. The lowest BCUT2D eigenvalue weighted by molar-refractivity contribution is -0.0318. The number of rotatable bonds is 4. The Morgan fingerprint density at radius 3 is 2.33 bits per heavy atom. The van der Waals surface area contributed by atoms with E-state index in [1.54, 1.807) is 6.08 Å². The van der Waals surface area contributed by atoms with Gasteiger partial charge in [-0.15, -0.1) is 0 Å². The van der Waals surface area contributed by atoms with E-state index >= 15 is 0 Å². The van der Waals surface area contributed by atoms with Crippen LogP contribution in [0, 0.1) is 0 Å². The first-order valence-electron chi connectivity index (χ1n) is 6.71. The molecule has 0 spiro atoms. The van der Waals surface area contributed by atoms with Gasteiger partial charge in [0.1, 0.15) is 0 Å². The smallest absolute Gasteiger partial charge is 0.339 e. The first-order valence-corrected chi connectivity index (χ1v) is 6.71. The molecule has 0 heterocycles. The van der Waals surface area contributed by atoms with Crippen molar-refractivity contribution in [3.63, 3.8) is 0 Å². The SMILES string of the molecule is CNC(=O)N(O)CC=Cc1ccc(-c2ccccc2)cc1. The number of nitrogens with one attached hydrogen (secondary N) is 1. The number of hydrogen-bond donors (Lipinski definition) is 2. The predicted octanol–water partition coefficient (Wildman–Crippen LogP) is 3.40. The molecule has 0 aromatic heterocycles. The van der Waals surface area contributed by atoms with Gasteiger partial charge in [-0.1, -0.05) is 66.7 Å². The van der Waals surface area contributed by atoms with Crippen LogP contribution in [0.5, 0.6) is 0 Å². The van der Waals surface area contributed by atoms with Crippen LogP contribution in [-0.2, 0) is 0 Å². The highest BCUT2D eigenvalue weighted by Gasteiger charge is 2.04. The molecule has 21 heavy (non-hydrogen) atoms. The zero-order chi connectivity index (χ0) is 15.1. The quantitative estimate of drug-likeness (QED) is 0.667. The average Bonchev–Trinajstić information content (AvgIpc) is 2.55. The number of hydroxylamine groups is 2. The first-order chi connectivity index (χ1) is 10.2. The third-order valence-electron chi connectivity index (χ3n) is 3.05. The van der Waals surface area contributed by atoms with Gasteiger partial charge >= 0.3 is 6.03 Å². The van der Waals surface area contributed by atoms with E-state index in [2.05, 4.69) is 17.4 Å². The zero-order valence-corrected chi connectivity index (χ0v) is 11.9. The van der Waals surface area contributed by atoms with Crippen LogP contribution >= 0.6 is 0 Å². The van der Waals surface area contributed by atoms with Gasteiger partial charge in [-0.05, 0) is 16.7 Å². The Kier molecular flexibility index (Phi) is 5.12. The molecule has 2 rings (SSSR count). The first kappa shape index (κ1) is 14.8. The van der Waals surface area contributed by atoms with Gasteiger partial charge in [-0.25, -0.2) is 9.86 Å². The molecule has 108 valence electrons. The van der Waals surface area contributed by atoms with Gasteiger partial charge in [0, 0.05) is 7.05 Å². The molecule has 0 aliphatic rings. The molecule has 0 bridgehead atoms. The summed E-state index contributed by atoms with van der Waals surface area (Å²) < 4.78 is 0. The zero-order valence-electron chi connectivity index (χ0n) is 11.9. The Balaban J connectivity index is 1.98. The summed E-state index contributed by atoms with van der Waals surface area (Å²) in [4.78, 5) is 11.1. The highest BCUT2D eigenvalue weighted by Crippen LogP contribution is 2.19. The van der Waals surface area contributed by atoms with Crippen LogP contribution in [0.4, 0.5) is 4.79 Å². The minimum Gasteiger partial charge on any atom is -0.339 e. The Morgan fingerprint density at radius 1 is 1.10 bits per heavy atom. The van der Waals surface area contributed by atoms with Crippen molar-refractivity contribution in [3.8, 4) is 11.1 Å². The normalized spacial score (nSPS) is 10.6. The molecule has 0 radical (unpaired) electrons. The second kappa shape index (κ2) is 7.26. The molecule has 0 saturated carbocycles. The molecule has 2 N–H and O–H groups in total. The number of carbonyl (C=O) groups excluding carboxylic acids is 1. The fourth-order valence-corrected chi connectivity index (χ4v) is 1.92. The van der Waals surface area contributed by atoms with Crippen LogP contribution in [0.1, 0.15) is 5.56 Å². The minimum absolute atomic E-state index is 0.139. The highest BCUT2D eigenvalue weighted by molar-refractivity contribution is 5.72. The molecule has 0 unspecified atom stereocenters.